The van der Waals surface area contributed by atoms with Gasteiger partial charge in [0.25, 0.3) is 0 Å². The van der Waals surface area contributed by atoms with E-state index in [1.165, 1.54) is 29.5 Å². The lowest BCUT2D eigenvalue weighted by molar-refractivity contribution is 0.290. The molecule has 1 aliphatic carbocycles. The Morgan fingerprint density at radius 2 is 1.95 bits per heavy atom. The van der Waals surface area contributed by atoms with Crippen LogP contribution in [0.25, 0.3) is 0 Å². The lowest BCUT2D eigenvalue weighted by atomic mass is 9.83. The summed E-state index contributed by atoms with van der Waals surface area (Å²) in [6, 6.07) is 4.51. The van der Waals surface area contributed by atoms with Crippen LogP contribution in [0.4, 0.5) is 0 Å². The molecule has 0 saturated heterocycles. The largest absolute Gasteiger partial charge is 0.493 e. The summed E-state index contributed by atoms with van der Waals surface area (Å²) in [5, 5.41) is 0. The maximum atomic E-state index is 6.12. The van der Waals surface area contributed by atoms with Crippen molar-refractivity contribution in [3.63, 3.8) is 0 Å². The molecule has 1 aromatic carbocycles. The number of aryl methyl sites for hydroxylation is 1. The number of ether oxygens (including phenoxy) is 1. The first-order valence-electron chi connectivity index (χ1n) is 7.38. The zero-order chi connectivity index (χ0) is 14.0. The van der Waals surface area contributed by atoms with E-state index in [2.05, 4.69) is 39.8 Å². The molecule has 19 heavy (non-hydrogen) atoms. The minimum Gasteiger partial charge on any atom is -0.493 e. The zero-order valence-corrected chi connectivity index (χ0v) is 12.8. The van der Waals surface area contributed by atoms with Crippen LogP contribution in [-0.2, 0) is 11.8 Å². The molecule has 0 bridgehead atoms. The standard InChI is InChI=1S/C17H27NO/c1-12-9-14(7-8-18)10-15(17(2,3)4)16(12)19-11-13-5-6-13/h9-10,13H,5-8,11,18H2,1-4H3. The highest BCUT2D eigenvalue weighted by atomic mass is 16.5. The molecule has 0 amide bonds. The van der Waals surface area contributed by atoms with E-state index in [0.29, 0.717) is 6.54 Å². The Kier molecular flexibility index (Phi) is 4.19. The number of benzene rings is 1. The zero-order valence-electron chi connectivity index (χ0n) is 12.8. The predicted octanol–water partition coefficient (Wildman–Crippen LogP) is 3.58. The quantitative estimate of drug-likeness (QED) is 0.879. The molecule has 0 atom stereocenters. The van der Waals surface area contributed by atoms with Gasteiger partial charge in [-0.05, 0) is 55.2 Å². The van der Waals surface area contributed by atoms with Gasteiger partial charge in [0, 0.05) is 5.56 Å². The van der Waals surface area contributed by atoms with E-state index in [0.717, 1.165) is 24.7 Å². The summed E-state index contributed by atoms with van der Waals surface area (Å²) in [5.41, 5.74) is 9.67. The first-order valence-corrected chi connectivity index (χ1v) is 7.38. The van der Waals surface area contributed by atoms with Crippen LogP contribution >= 0.6 is 0 Å². The summed E-state index contributed by atoms with van der Waals surface area (Å²) in [5.74, 6) is 1.89. The van der Waals surface area contributed by atoms with E-state index in [1.807, 2.05) is 0 Å². The van der Waals surface area contributed by atoms with Crippen LogP contribution in [0.5, 0.6) is 5.75 Å². The highest BCUT2D eigenvalue weighted by Gasteiger charge is 2.25. The molecule has 1 fully saturated rings. The van der Waals surface area contributed by atoms with Gasteiger partial charge in [-0.25, -0.2) is 0 Å². The van der Waals surface area contributed by atoms with E-state index < -0.39 is 0 Å². The summed E-state index contributed by atoms with van der Waals surface area (Å²) < 4.78 is 6.12. The van der Waals surface area contributed by atoms with E-state index in [1.54, 1.807) is 0 Å². The molecule has 2 rings (SSSR count). The van der Waals surface area contributed by atoms with Gasteiger partial charge in [0.1, 0.15) is 5.75 Å². The fraction of sp³-hybridized carbons (Fsp3) is 0.647. The molecule has 1 aliphatic rings. The second kappa shape index (κ2) is 5.54. The van der Waals surface area contributed by atoms with Crippen LogP contribution in [0.15, 0.2) is 12.1 Å². The highest BCUT2D eigenvalue weighted by Crippen LogP contribution is 2.37. The summed E-state index contributed by atoms with van der Waals surface area (Å²) in [4.78, 5) is 0. The first-order chi connectivity index (χ1) is 8.91. The lowest BCUT2D eigenvalue weighted by Gasteiger charge is -2.25. The van der Waals surface area contributed by atoms with Crippen molar-refractivity contribution >= 4 is 0 Å². The molecule has 0 radical (unpaired) electrons. The Labute approximate surface area is 117 Å². The molecule has 2 nitrogen and oxygen atoms in total. The van der Waals surface area contributed by atoms with E-state index in [9.17, 15) is 0 Å². The van der Waals surface area contributed by atoms with Gasteiger partial charge in [0.15, 0.2) is 0 Å². The summed E-state index contributed by atoms with van der Waals surface area (Å²) in [6.45, 7) is 10.5. The van der Waals surface area contributed by atoms with Crippen molar-refractivity contribution in [2.45, 2.75) is 52.4 Å². The summed E-state index contributed by atoms with van der Waals surface area (Å²) in [6.07, 6.45) is 3.59. The van der Waals surface area contributed by atoms with Crippen LogP contribution in [0.1, 0.15) is 50.3 Å². The Hall–Kier alpha value is -1.02. The van der Waals surface area contributed by atoms with Gasteiger partial charge in [-0.3, -0.25) is 0 Å². The molecule has 1 aromatic rings. The number of hydrogen-bond acceptors (Lipinski definition) is 2. The van der Waals surface area contributed by atoms with Crippen molar-refractivity contribution in [1.29, 1.82) is 0 Å². The molecular formula is C17H27NO. The van der Waals surface area contributed by atoms with Gasteiger partial charge in [-0.1, -0.05) is 32.9 Å². The second-order valence-corrected chi connectivity index (χ2v) is 6.83. The SMILES string of the molecule is Cc1cc(CCN)cc(C(C)(C)C)c1OCC1CC1. The smallest absolute Gasteiger partial charge is 0.125 e. The maximum absolute atomic E-state index is 6.12. The van der Waals surface area contributed by atoms with Crippen LogP contribution in [0.3, 0.4) is 0 Å². The van der Waals surface area contributed by atoms with Gasteiger partial charge in [0.05, 0.1) is 6.61 Å². The molecule has 106 valence electrons. The Morgan fingerprint density at radius 1 is 1.26 bits per heavy atom. The molecule has 0 heterocycles. The topological polar surface area (TPSA) is 35.2 Å². The Bertz CT molecular complexity index is 441. The molecule has 0 aliphatic heterocycles. The van der Waals surface area contributed by atoms with Gasteiger partial charge in [0.2, 0.25) is 0 Å². The van der Waals surface area contributed by atoms with Gasteiger partial charge < -0.3 is 10.5 Å². The molecule has 0 aromatic heterocycles. The molecule has 1 saturated carbocycles. The fourth-order valence-corrected chi connectivity index (χ4v) is 2.39. The van der Waals surface area contributed by atoms with Gasteiger partial charge in [-0.2, -0.15) is 0 Å². The average Bonchev–Trinajstić information content (AvgIpc) is 3.10. The van der Waals surface area contributed by atoms with Crippen LogP contribution in [0, 0.1) is 12.8 Å². The van der Waals surface area contributed by atoms with Crippen molar-refractivity contribution in [2.24, 2.45) is 11.7 Å². The third-order valence-electron chi connectivity index (χ3n) is 3.74. The predicted molar refractivity (Wildman–Crippen MR) is 80.9 cm³/mol. The minimum absolute atomic E-state index is 0.105. The molecular weight excluding hydrogens is 234 g/mol. The van der Waals surface area contributed by atoms with E-state index in [-0.39, 0.29) is 5.41 Å². The van der Waals surface area contributed by atoms with E-state index in [4.69, 9.17) is 10.5 Å². The normalized spacial score (nSPS) is 15.6. The lowest BCUT2D eigenvalue weighted by Crippen LogP contribution is -2.16. The number of nitrogens with two attached hydrogens (primary N) is 1. The Balaban J connectivity index is 2.31. The van der Waals surface area contributed by atoms with Gasteiger partial charge >= 0.3 is 0 Å². The monoisotopic (exact) mass is 261 g/mol. The molecule has 2 heteroatoms. The fourth-order valence-electron chi connectivity index (χ4n) is 2.39. The molecule has 0 unspecified atom stereocenters. The third-order valence-corrected chi connectivity index (χ3v) is 3.74. The first kappa shape index (κ1) is 14.4. The average molecular weight is 261 g/mol. The number of hydrogen-bond donors (Lipinski definition) is 1. The Morgan fingerprint density at radius 3 is 2.47 bits per heavy atom. The van der Waals surface area contributed by atoms with Crippen LogP contribution in [-0.4, -0.2) is 13.2 Å². The van der Waals surface area contributed by atoms with Crippen molar-refractivity contribution in [3.8, 4) is 5.75 Å². The minimum atomic E-state index is 0.105. The van der Waals surface area contributed by atoms with Crippen molar-refractivity contribution < 1.29 is 4.74 Å². The maximum Gasteiger partial charge on any atom is 0.125 e. The van der Waals surface area contributed by atoms with E-state index >= 15 is 0 Å². The van der Waals surface area contributed by atoms with Crippen molar-refractivity contribution in [2.75, 3.05) is 13.2 Å². The second-order valence-electron chi connectivity index (χ2n) is 6.83. The summed E-state index contributed by atoms with van der Waals surface area (Å²) >= 11 is 0. The van der Waals surface area contributed by atoms with Crippen molar-refractivity contribution in [1.82, 2.24) is 0 Å². The molecule has 0 spiro atoms. The van der Waals surface area contributed by atoms with Crippen LogP contribution < -0.4 is 10.5 Å². The van der Waals surface area contributed by atoms with Crippen molar-refractivity contribution in [3.05, 3.63) is 28.8 Å². The highest BCUT2D eigenvalue weighted by molar-refractivity contribution is 5.47. The molecule has 2 N–H and O–H groups in total. The van der Waals surface area contributed by atoms with Gasteiger partial charge in [-0.15, -0.1) is 0 Å². The third kappa shape index (κ3) is 3.73. The number of rotatable bonds is 5. The van der Waals surface area contributed by atoms with Crippen LogP contribution in [0.2, 0.25) is 0 Å². The summed E-state index contributed by atoms with van der Waals surface area (Å²) in [7, 11) is 0.